The van der Waals surface area contributed by atoms with Crippen LogP contribution in [0.3, 0.4) is 0 Å². The molecule has 33 heavy (non-hydrogen) atoms. The van der Waals surface area contributed by atoms with Gasteiger partial charge in [-0.05, 0) is 44.6 Å². The van der Waals surface area contributed by atoms with Crippen molar-refractivity contribution < 1.29 is 14.1 Å². The van der Waals surface area contributed by atoms with Crippen molar-refractivity contribution in [3.8, 4) is 0 Å². The van der Waals surface area contributed by atoms with E-state index < -0.39 is 7.14 Å². The quantitative estimate of drug-likeness (QED) is 0.608. The highest BCUT2D eigenvalue weighted by atomic mass is 31.2. The van der Waals surface area contributed by atoms with Gasteiger partial charge in [0.15, 0.2) is 5.82 Å². The number of aromatic nitrogens is 3. The van der Waals surface area contributed by atoms with Crippen LogP contribution in [0.15, 0.2) is 30.6 Å². The Bertz CT molecular complexity index is 1090. The summed E-state index contributed by atoms with van der Waals surface area (Å²) in [7, 11) is -2.22. The highest BCUT2D eigenvalue weighted by Crippen LogP contribution is 2.54. The van der Waals surface area contributed by atoms with E-state index in [4.69, 9.17) is 4.74 Å². The number of hydrogen-bond acceptors (Lipinski definition) is 5. The van der Waals surface area contributed by atoms with Crippen molar-refractivity contribution >= 4 is 18.5 Å². The molecule has 0 atom stereocenters. The lowest BCUT2D eigenvalue weighted by Crippen LogP contribution is -2.68. The van der Waals surface area contributed by atoms with E-state index in [1.165, 1.54) is 12.8 Å². The Morgan fingerprint density at radius 3 is 2.45 bits per heavy atom. The molecule has 2 saturated heterocycles. The molecule has 2 aliphatic carbocycles. The maximum atomic E-state index is 12.8. The number of carbonyl (C=O) groups is 1. The number of amides is 2. The van der Waals surface area contributed by atoms with Crippen LogP contribution in [0, 0.1) is 5.41 Å². The van der Waals surface area contributed by atoms with Gasteiger partial charge in [-0.3, -0.25) is 0 Å². The minimum Gasteiger partial charge on any atom is -0.370 e. The number of benzene rings is 1. The van der Waals surface area contributed by atoms with Gasteiger partial charge in [-0.25, -0.2) is 14.5 Å². The lowest BCUT2D eigenvalue weighted by Gasteiger charge is -2.59. The fourth-order valence-electron chi connectivity index (χ4n) is 5.34. The van der Waals surface area contributed by atoms with Gasteiger partial charge in [-0.15, -0.1) is 0 Å². The molecule has 1 spiro atoms. The van der Waals surface area contributed by atoms with E-state index >= 15 is 0 Å². The molecule has 6 rings (SSSR count). The van der Waals surface area contributed by atoms with Gasteiger partial charge in [-0.2, -0.15) is 5.10 Å². The summed E-state index contributed by atoms with van der Waals surface area (Å²) in [5.74, 6) is 1.61. The van der Waals surface area contributed by atoms with Crippen molar-refractivity contribution in [1.82, 2.24) is 24.6 Å². The molecule has 0 radical (unpaired) electrons. The molecule has 0 unspecified atom stereocenters. The molecule has 4 aliphatic rings. The number of urea groups is 1. The first-order chi connectivity index (χ1) is 15.8. The molecule has 2 saturated carbocycles. The summed E-state index contributed by atoms with van der Waals surface area (Å²) in [6, 6.07) is 8.40. The molecular weight excluding hydrogens is 437 g/mol. The molecule has 3 heterocycles. The second kappa shape index (κ2) is 7.67. The fraction of sp³-hybridized carbons (Fsp3) is 0.625. The predicted molar refractivity (Wildman–Crippen MR) is 125 cm³/mol. The molecule has 2 amide bonds. The molecule has 2 aromatic rings. The molecule has 0 N–H and O–H groups in total. The predicted octanol–water partition coefficient (Wildman–Crippen LogP) is 3.06. The number of nitrogens with zero attached hydrogens (tertiary/aromatic N) is 5. The van der Waals surface area contributed by atoms with Gasteiger partial charge < -0.3 is 19.1 Å². The lowest BCUT2D eigenvalue weighted by molar-refractivity contribution is -0.0924. The van der Waals surface area contributed by atoms with Crippen LogP contribution in [0.1, 0.15) is 49.0 Å². The number of carbonyl (C=O) groups excluding carboxylic acids is 1. The summed E-state index contributed by atoms with van der Waals surface area (Å²) < 4.78 is 20.1. The third kappa shape index (κ3) is 4.12. The maximum Gasteiger partial charge on any atom is 0.320 e. The van der Waals surface area contributed by atoms with E-state index in [0.29, 0.717) is 37.1 Å². The zero-order valence-electron chi connectivity index (χ0n) is 19.4. The van der Waals surface area contributed by atoms with Gasteiger partial charge in [0.1, 0.15) is 13.5 Å². The number of rotatable bonds is 6. The molecule has 4 fully saturated rings. The Labute approximate surface area is 194 Å². The SMILES string of the molecule is CP(C)(=O)c1ccc(COC2CN(C(=O)N3CC4(CC(n5cnc(C6CC6)n5)C4)C3)C2)cc1. The average molecular weight is 470 g/mol. The topological polar surface area (TPSA) is 80.6 Å². The second-order valence-corrected chi connectivity index (χ2v) is 14.1. The molecule has 176 valence electrons. The molecular formula is C24H32N5O3P. The van der Waals surface area contributed by atoms with Crippen LogP contribution >= 0.6 is 7.14 Å². The average Bonchev–Trinajstić information content (AvgIpc) is 3.42. The minimum atomic E-state index is -2.22. The van der Waals surface area contributed by atoms with Crippen molar-refractivity contribution in [2.24, 2.45) is 5.41 Å². The molecule has 8 nitrogen and oxygen atoms in total. The van der Waals surface area contributed by atoms with Crippen LogP contribution in [0.5, 0.6) is 0 Å². The molecule has 2 aliphatic heterocycles. The minimum absolute atomic E-state index is 0.0911. The second-order valence-electron chi connectivity index (χ2n) is 10.9. The first kappa shape index (κ1) is 21.4. The molecule has 1 aromatic carbocycles. The smallest absolute Gasteiger partial charge is 0.320 e. The third-order valence-corrected chi connectivity index (χ3v) is 9.21. The Morgan fingerprint density at radius 2 is 1.82 bits per heavy atom. The van der Waals surface area contributed by atoms with Crippen LogP contribution in [0.25, 0.3) is 0 Å². The first-order valence-electron chi connectivity index (χ1n) is 12.0. The summed E-state index contributed by atoms with van der Waals surface area (Å²) in [4.78, 5) is 21.1. The van der Waals surface area contributed by atoms with Crippen molar-refractivity contribution in [3.63, 3.8) is 0 Å². The Hall–Kier alpha value is -2.18. The summed E-state index contributed by atoms with van der Waals surface area (Å²) in [5.41, 5.74) is 1.36. The Kier molecular flexibility index (Phi) is 4.97. The van der Waals surface area contributed by atoms with Gasteiger partial charge in [0.05, 0.1) is 31.8 Å². The summed E-state index contributed by atoms with van der Waals surface area (Å²) in [6.07, 6.45) is 6.64. The Morgan fingerprint density at radius 1 is 1.12 bits per heavy atom. The van der Waals surface area contributed by atoms with E-state index in [9.17, 15) is 9.36 Å². The first-order valence-corrected chi connectivity index (χ1v) is 14.6. The fourth-order valence-corrected chi connectivity index (χ4v) is 6.21. The largest absolute Gasteiger partial charge is 0.370 e. The molecule has 0 bridgehead atoms. The number of ether oxygens (including phenoxy) is 1. The van der Waals surface area contributed by atoms with Crippen LogP contribution in [0.2, 0.25) is 0 Å². The van der Waals surface area contributed by atoms with Gasteiger partial charge in [0.25, 0.3) is 0 Å². The van der Waals surface area contributed by atoms with Gasteiger partial charge in [0.2, 0.25) is 0 Å². The molecule has 9 heteroatoms. The van der Waals surface area contributed by atoms with Crippen molar-refractivity contribution in [1.29, 1.82) is 0 Å². The zero-order valence-corrected chi connectivity index (χ0v) is 20.3. The van der Waals surface area contributed by atoms with Crippen LogP contribution in [-0.4, -0.2) is 76.2 Å². The standard InChI is InChI=1S/C24H32N5O3P/c1-33(2,31)21-7-3-17(4-8-21)13-32-20-11-27(12-20)23(30)28-14-24(15-28)9-19(10-24)29-16-25-22(26-29)18-5-6-18/h3-4,7-8,16,18-20H,5-6,9-15H2,1-2H3. The van der Waals surface area contributed by atoms with Gasteiger partial charge in [0, 0.05) is 29.7 Å². The summed E-state index contributed by atoms with van der Waals surface area (Å²) >= 11 is 0. The van der Waals surface area contributed by atoms with Crippen molar-refractivity contribution in [3.05, 3.63) is 42.0 Å². The van der Waals surface area contributed by atoms with Crippen molar-refractivity contribution in [2.75, 3.05) is 39.5 Å². The summed E-state index contributed by atoms with van der Waals surface area (Å²) in [6.45, 7) is 7.12. The molecule has 1 aromatic heterocycles. The van der Waals surface area contributed by atoms with Gasteiger partial charge >= 0.3 is 6.03 Å². The van der Waals surface area contributed by atoms with E-state index in [1.807, 2.05) is 40.4 Å². The van der Waals surface area contributed by atoms with E-state index in [2.05, 4.69) is 14.8 Å². The van der Waals surface area contributed by atoms with Crippen LogP contribution in [0.4, 0.5) is 4.79 Å². The van der Waals surface area contributed by atoms with Crippen LogP contribution < -0.4 is 5.30 Å². The maximum absolute atomic E-state index is 12.8. The van der Waals surface area contributed by atoms with Crippen LogP contribution in [-0.2, 0) is 15.9 Å². The van der Waals surface area contributed by atoms with E-state index in [1.54, 1.807) is 13.3 Å². The monoisotopic (exact) mass is 469 g/mol. The highest BCUT2D eigenvalue weighted by molar-refractivity contribution is 7.70. The lowest BCUT2D eigenvalue weighted by atomic mass is 9.61. The summed E-state index contributed by atoms with van der Waals surface area (Å²) in [5, 5.41) is 5.57. The number of hydrogen-bond donors (Lipinski definition) is 0. The zero-order chi connectivity index (χ0) is 22.8. The third-order valence-electron chi connectivity index (χ3n) is 7.67. The van der Waals surface area contributed by atoms with E-state index in [-0.39, 0.29) is 12.1 Å². The van der Waals surface area contributed by atoms with E-state index in [0.717, 1.165) is 42.6 Å². The van der Waals surface area contributed by atoms with Gasteiger partial charge in [-0.1, -0.05) is 24.3 Å². The normalized spacial score (nSPS) is 22.7. The Balaban J connectivity index is 0.911. The highest BCUT2D eigenvalue weighted by Gasteiger charge is 2.55. The number of likely N-dealkylation sites (tertiary alicyclic amines) is 2. The van der Waals surface area contributed by atoms with Crippen molar-refractivity contribution in [2.45, 2.75) is 50.4 Å².